The van der Waals surface area contributed by atoms with Gasteiger partial charge in [-0.25, -0.2) is 0 Å². The third-order valence-electron chi connectivity index (χ3n) is 2.36. The minimum atomic E-state index is -4.30. The van der Waals surface area contributed by atoms with Crippen molar-refractivity contribution in [2.45, 2.75) is 25.7 Å². The Hall–Kier alpha value is -1.07. The molecule has 2 nitrogen and oxygen atoms in total. The summed E-state index contributed by atoms with van der Waals surface area (Å²) in [6, 6.07) is 5.57. The van der Waals surface area contributed by atoms with Gasteiger partial charge in [0.05, 0.1) is 5.56 Å². The second kappa shape index (κ2) is 5.51. The highest BCUT2D eigenvalue weighted by molar-refractivity contribution is 5.29. The molecule has 5 heteroatoms. The predicted octanol–water partition coefficient (Wildman–Crippen LogP) is 2.48. The highest BCUT2D eigenvalue weighted by Gasteiger charge is 2.32. The maximum atomic E-state index is 12.7. The van der Waals surface area contributed by atoms with Crippen LogP contribution in [0.4, 0.5) is 13.2 Å². The van der Waals surface area contributed by atoms with Gasteiger partial charge in [0.1, 0.15) is 0 Å². The Morgan fingerprint density at radius 1 is 1.29 bits per heavy atom. The summed E-state index contributed by atoms with van der Waals surface area (Å²) in [5.41, 5.74) is 5.31. The fourth-order valence-corrected chi connectivity index (χ4v) is 1.78. The van der Waals surface area contributed by atoms with Crippen LogP contribution in [-0.4, -0.2) is 24.5 Å². The van der Waals surface area contributed by atoms with E-state index in [1.807, 2.05) is 6.92 Å². The number of hydrogen-bond acceptors (Lipinski definition) is 2. The van der Waals surface area contributed by atoms with Crippen molar-refractivity contribution in [1.82, 2.24) is 4.90 Å². The highest BCUT2D eigenvalue weighted by Crippen LogP contribution is 2.32. The first-order valence-electron chi connectivity index (χ1n) is 5.40. The molecule has 2 N–H and O–H groups in total. The standard InChI is InChI=1S/C12H17F3N2/c1-9(16)7-17(2)8-10-5-3-4-6-11(10)12(13,14)15/h3-6,9H,7-8,16H2,1-2H3. The first kappa shape index (κ1) is 14.0. The van der Waals surface area contributed by atoms with Gasteiger partial charge in [-0.05, 0) is 25.6 Å². The Balaban J connectivity index is 2.84. The van der Waals surface area contributed by atoms with Crippen LogP contribution in [0.15, 0.2) is 24.3 Å². The average molecular weight is 246 g/mol. The second-order valence-electron chi connectivity index (χ2n) is 4.33. The SMILES string of the molecule is CC(N)CN(C)Cc1ccccc1C(F)(F)F. The number of rotatable bonds is 4. The fourth-order valence-electron chi connectivity index (χ4n) is 1.78. The Kier molecular flexibility index (Phi) is 4.54. The lowest BCUT2D eigenvalue weighted by Gasteiger charge is -2.21. The van der Waals surface area contributed by atoms with Crippen molar-refractivity contribution in [3.63, 3.8) is 0 Å². The van der Waals surface area contributed by atoms with Gasteiger partial charge in [0.15, 0.2) is 0 Å². The Morgan fingerprint density at radius 3 is 2.41 bits per heavy atom. The molecule has 1 aromatic rings. The molecule has 0 aromatic heterocycles. The number of likely N-dealkylation sites (N-methyl/N-ethyl adjacent to an activating group) is 1. The monoisotopic (exact) mass is 246 g/mol. The van der Waals surface area contributed by atoms with E-state index in [0.717, 1.165) is 6.07 Å². The zero-order valence-electron chi connectivity index (χ0n) is 9.96. The van der Waals surface area contributed by atoms with Crippen molar-refractivity contribution in [3.8, 4) is 0 Å². The molecular formula is C12H17F3N2. The molecule has 17 heavy (non-hydrogen) atoms. The molecule has 0 bridgehead atoms. The third-order valence-corrected chi connectivity index (χ3v) is 2.36. The van der Waals surface area contributed by atoms with Crippen molar-refractivity contribution >= 4 is 0 Å². The zero-order chi connectivity index (χ0) is 13.1. The Morgan fingerprint density at radius 2 is 1.88 bits per heavy atom. The molecule has 0 radical (unpaired) electrons. The molecule has 96 valence electrons. The van der Waals surface area contributed by atoms with E-state index in [4.69, 9.17) is 5.73 Å². The van der Waals surface area contributed by atoms with Crippen LogP contribution in [-0.2, 0) is 12.7 Å². The van der Waals surface area contributed by atoms with E-state index in [0.29, 0.717) is 6.54 Å². The van der Waals surface area contributed by atoms with Gasteiger partial charge in [0, 0.05) is 19.1 Å². The maximum Gasteiger partial charge on any atom is 0.416 e. The summed E-state index contributed by atoms with van der Waals surface area (Å²) in [7, 11) is 1.76. The number of hydrogen-bond donors (Lipinski definition) is 1. The van der Waals surface area contributed by atoms with Crippen molar-refractivity contribution in [3.05, 3.63) is 35.4 Å². The normalized spacial score (nSPS) is 14.1. The van der Waals surface area contributed by atoms with Crippen LogP contribution in [0.1, 0.15) is 18.1 Å². The van der Waals surface area contributed by atoms with Crippen molar-refractivity contribution in [2.24, 2.45) is 5.73 Å². The molecule has 0 saturated heterocycles. The highest BCUT2D eigenvalue weighted by atomic mass is 19.4. The first-order chi connectivity index (χ1) is 7.80. The minimum absolute atomic E-state index is 0.0574. The molecule has 1 unspecified atom stereocenters. The first-order valence-corrected chi connectivity index (χ1v) is 5.40. The van der Waals surface area contributed by atoms with Gasteiger partial charge in [0.2, 0.25) is 0 Å². The Labute approximate surface area is 99.2 Å². The third kappa shape index (κ3) is 4.36. The van der Waals surface area contributed by atoms with Crippen molar-refractivity contribution < 1.29 is 13.2 Å². The second-order valence-corrected chi connectivity index (χ2v) is 4.33. The number of alkyl halides is 3. The molecule has 1 aromatic carbocycles. The van der Waals surface area contributed by atoms with Crippen molar-refractivity contribution in [2.75, 3.05) is 13.6 Å². The predicted molar refractivity (Wildman–Crippen MR) is 61.4 cm³/mol. The quantitative estimate of drug-likeness (QED) is 0.884. The van der Waals surface area contributed by atoms with Gasteiger partial charge in [-0.2, -0.15) is 13.2 Å². The fraction of sp³-hybridized carbons (Fsp3) is 0.500. The van der Waals surface area contributed by atoms with Gasteiger partial charge in [-0.3, -0.25) is 0 Å². The molecule has 0 aliphatic carbocycles. The van der Waals surface area contributed by atoms with Gasteiger partial charge in [0.25, 0.3) is 0 Å². The van der Waals surface area contributed by atoms with Crippen LogP contribution < -0.4 is 5.73 Å². The van der Waals surface area contributed by atoms with E-state index in [9.17, 15) is 13.2 Å². The average Bonchev–Trinajstić information content (AvgIpc) is 2.15. The molecule has 0 spiro atoms. The summed E-state index contributed by atoms with van der Waals surface area (Å²) in [6.07, 6.45) is -4.30. The molecule has 0 aliphatic heterocycles. The molecule has 1 atom stereocenters. The summed E-state index contributed by atoms with van der Waals surface area (Å²) in [4.78, 5) is 1.79. The van der Waals surface area contributed by atoms with Gasteiger partial charge in [-0.15, -0.1) is 0 Å². The summed E-state index contributed by atoms with van der Waals surface area (Å²) >= 11 is 0. The lowest BCUT2D eigenvalue weighted by molar-refractivity contribution is -0.138. The molecule has 1 rings (SSSR count). The van der Waals surface area contributed by atoms with Crippen LogP contribution in [0, 0.1) is 0 Å². The van der Waals surface area contributed by atoms with E-state index in [2.05, 4.69) is 0 Å². The van der Waals surface area contributed by atoms with E-state index in [1.165, 1.54) is 12.1 Å². The number of nitrogens with zero attached hydrogens (tertiary/aromatic N) is 1. The summed E-state index contributed by atoms with van der Waals surface area (Å²) in [5.74, 6) is 0. The van der Waals surface area contributed by atoms with E-state index < -0.39 is 11.7 Å². The molecule has 0 heterocycles. The summed E-state index contributed by atoms with van der Waals surface area (Å²) in [5, 5.41) is 0. The van der Waals surface area contributed by atoms with E-state index in [1.54, 1.807) is 18.0 Å². The van der Waals surface area contributed by atoms with Gasteiger partial charge >= 0.3 is 6.18 Å². The van der Waals surface area contributed by atoms with E-state index in [-0.39, 0.29) is 18.2 Å². The molecular weight excluding hydrogens is 229 g/mol. The van der Waals surface area contributed by atoms with Crippen LogP contribution in [0.2, 0.25) is 0 Å². The number of nitrogens with two attached hydrogens (primary N) is 1. The van der Waals surface area contributed by atoms with Gasteiger partial charge in [-0.1, -0.05) is 18.2 Å². The largest absolute Gasteiger partial charge is 0.416 e. The summed E-state index contributed by atoms with van der Waals surface area (Å²) < 4.78 is 38.2. The topological polar surface area (TPSA) is 29.3 Å². The van der Waals surface area contributed by atoms with Crippen molar-refractivity contribution in [1.29, 1.82) is 0 Å². The molecule has 0 saturated carbocycles. The minimum Gasteiger partial charge on any atom is -0.327 e. The smallest absolute Gasteiger partial charge is 0.327 e. The van der Waals surface area contributed by atoms with Crippen LogP contribution >= 0.6 is 0 Å². The maximum absolute atomic E-state index is 12.7. The van der Waals surface area contributed by atoms with Crippen LogP contribution in [0.25, 0.3) is 0 Å². The van der Waals surface area contributed by atoms with E-state index >= 15 is 0 Å². The zero-order valence-corrected chi connectivity index (χ0v) is 9.96. The van der Waals surface area contributed by atoms with Crippen LogP contribution in [0.5, 0.6) is 0 Å². The summed E-state index contributed by atoms with van der Waals surface area (Å²) in [6.45, 7) is 2.63. The Bertz CT molecular complexity index is 361. The molecule has 0 fully saturated rings. The molecule has 0 aliphatic rings. The number of benzene rings is 1. The lowest BCUT2D eigenvalue weighted by Crippen LogP contribution is -2.33. The molecule has 0 amide bonds. The van der Waals surface area contributed by atoms with Crippen LogP contribution in [0.3, 0.4) is 0 Å². The number of halogens is 3. The van der Waals surface area contributed by atoms with Gasteiger partial charge < -0.3 is 10.6 Å². The lowest BCUT2D eigenvalue weighted by atomic mass is 10.1.